The Kier molecular flexibility index (Phi) is 8.64. The topological polar surface area (TPSA) is 59.1 Å². The van der Waals surface area contributed by atoms with Crippen LogP contribution >= 0.6 is 11.3 Å². The molecule has 0 aliphatic carbocycles. The highest BCUT2D eigenvalue weighted by Crippen LogP contribution is 2.34. The molecule has 6 nitrogen and oxygen atoms in total. The molecule has 2 atom stereocenters. The summed E-state index contributed by atoms with van der Waals surface area (Å²) in [6.45, 7) is 5.36. The molecule has 2 amide bonds. The molecule has 32 heavy (non-hydrogen) atoms. The van der Waals surface area contributed by atoms with Crippen LogP contribution in [0.5, 0.6) is 5.75 Å². The number of ether oxygens (including phenoxy) is 2. The van der Waals surface area contributed by atoms with Crippen molar-refractivity contribution in [2.24, 2.45) is 5.92 Å². The molecule has 0 saturated carbocycles. The lowest BCUT2D eigenvalue weighted by Crippen LogP contribution is -2.49. The molecule has 0 saturated heterocycles. The Balaban J connectivity index is 1.76. The molecule has 0 unspecified atom stereocenters. The highest BCUT2D eigenvalue weighted by molar-refractivity contribution is 7.10. The first-order valence-corrected chi connectivity index (χ1v) is 11.8. The van der Waals surface area contributed by atoms with Crippen LogP contribution in [-0.2, 0) is 20.7 Å². The number of carbonyl (C=O) groups is 2. The molecular formula is C24H31FN2O4S. The Hall–Kier alpha value is -2.45. The number of halogens is 1. The summed E-state index contributed by atoms with van der Waals surface area (Å²) < 4.78 is 24.4. The molecule has 1 aromatic carbocycles. The lowest BCUT2D eigenvalue weighted by molar-refractivity contribution is -0.145. The number of thiophene rings is 1. The van der Waals surface area contributed by atoms with Crippen molar-refractivity contribution in [2.75, 3.05) is 40.0 Å². The molecule has 1 aliphatic heterocycles. The van der Waals surface area contributed by atoms with Crippen molar-refractivity contribution in [3.8, 4) is 5.75 Å². The summed E-state index contributed by atoms with van der Waals surface area (Å²) in [5.41, 5.74) is 1.06. The molecule has 1 aliphatic rings. The predicted molar refractivity (Wildman–Crippen MR) is 122 cm³/mol. The molecule has 3 rings (SSSR count). The fourth-order valence-electron chi connectivity index (χ4n) is 3.84. The number of fused-ring (bicyclic) bond motifs is 1. The third-order valence-electron chi connectivity index (χ3n) is 5.79. The van der Waals surface area contributed by atoms with Gasteiger partial charge in [-0.05, 0) is 41.5 Å². The Morgan fingerprint density at radius 3 is 2.88 bits per heavy atom. The highest BCUT2D eigenvalue weighted by atomic mass is 32.1. The molecular weight excluding hydrogens is 431 g/mol. The summed E-state index contributed by atoms with van der Waals surface area (Å²) in [6, 6.07) is 7.72. The van der Waals surface area contributed by atoms with Crippen LogP contribution in [0.2, 0.25) is 0 Å². The first-order valence-electron chi connectivity index (χ1n) is 10.9. The first-order chi connectivity index (χ1) is 15.4. The number of rotatable bonds is 10. The zero-order chi connectivity index (χ0) is 23.1. The Morgan fingerprint density at radius 2 is 2.16 bits per heavy atom. The average molecular weight is 463 g/mol. The molecule has 0 radical (unpaired) electrons. The molecule has 2 heterocycles. The van der Waals surface area contributed by atoms with Crippen molar-refractivity contribution in [1.82, 2.24) is 9.80 Å². The van der Waals surface area contributed by atoms with Crippen LogP contribution in [0, 0.1) is 11.7 Å². The largest absolute Gasteiger partial charge is 0.491 e. The van der Waals surface area contributed by atoms with Crippen molar-refractivity contribution in [3.05, 3.63) is 52.0 Å². The molecule has 0 fully saturated rings. The standard InChI is InChI=1S/C24H31FN2O4S/c1-4-17(2)13-26(24(29)16-30-3)14-23(28)27-10-8-22-20(9-11-32-22)21(27)15-31-19-7-5-6-18(25)12-19/h5-7,9,11-12,17,21H,4,8,10,13-16H2,1-3H3/t17-,21+/m1/s1. The lowest BCUT2D eigenvalue weighted by Gasteiger charge is -2.37. The summed E-state index contributed by atoms with van der Waals surface area (Å²) in [6.07, 6.45) is 1.68. The predicted octanol–water partition coefficient (Wildman–Crippen LogP) is 3.91. The fourth-order valence-corrected chi connectivity index (χ4v) is 4.76. The zero-order valence-electron chi connectivity index (χ0n) is 18.9. The van der Waals surface area contributed by atoms with E-state index in [4.69, 9.17) is 9.47 Å². The smallest absolute Gasteiger partial charge is 0.249 e. The van der Waals surface area contributed by atoms with Gasteiger partial charge in [0.1, 0.15) is 24.8 Å². The summed E-state index contributed by atoms with van der Waals surface area (Å²) in [5.74, 6) is 0.0194. The van der Waals surface area contributed by atoms with Crippen LogP contribution in [0.15, 0.2) is 35.7 Å². The van der Waals surface area contributed by atoms with E-state index >= 15 is 0 Å². The van der Waals surface area contributed by atoms with Crippen molar-refractivity contribution >= 4 is 23.2 Å². The fraction of sp³-hybridized carbons (Fsp3) is 0.500. The second-order valence-electron chi connectivity index (χ2n) is 8.14. The maximum atomic E-state index is 13.6. The van der Waals surface area contributed by atoms with E-state index in [0.29, 0.717) is 18.8 Å². The van der Waals surface area contributed by atoms with Crippen LogP contribution in [0.4, 0.5) is 4.39 Å². The van der Waals surface area contributed by atoms with Gasteiger partial charge < -0.3 is 19.3 Å². The van der Waals surface area contributed by atoms with Gasteiger partial charge in [-0.25, -0.2) is 4.39 Å². The van der Waals surface area contributed by atoms with Crippen LogP contribution in [0.1, 0.15) is 36.8 Å². The number of hydrogen-bond acceptors (Lipinski definition) is 5. The van der Waals surface area contributed by atoms with Gasteiger partial charge in [0, 0.05) is 31.1 Å². The van der Waals surface area contributed by atoms with E-state index in [1.165, 1.54) is 24.1 Å². The summed E-state index contributed by atoms with van der Waals surface area (Å²) in [4.78, 5) is 30.6. The van der Waals surface area contributed by atoms with E-state index in [1.54, 1.807) is 33.3 Å². The van der Waals surface area contributed by atoms with Gasteiger partial charge in [0.15, 0.2) is 0 Å². The Labute approximate surface area is 192 Å². The summed E-state index contributed by atoms with van der Waals surface area (Å²) >= 11 is 1.67. The molecule has 174 valence electrons. The first kappa shape index (κ1) is 24.2. The SMILES string of the molecule is CC[C@@H](C)CN(CC(=O)N1CCc2sccc2[C@@H]1COc1cccc(F)c1)C(=O)COC. The van der Waals surface area contributed by atoms with Crippen molar-refractivity contribution in [2.45, 2.75) is 32.7 Å². The minimum Gasteiger partial charge on any atom is -0.491 e. The van der Waals surface area contributed by atoms with E-state index < -0.39 is 0 Å². The second-order valence-corrected chi connectivity index (χ2v) is 9.14. The molecule has 8 heteroatoms. The minimum absolute atomic E-state index is 0.00245. The summed E-state index contributed by atoms with van der Waals surface area (Å²) in [7, 11) is 1.48. The third kappa shape index (κ3) is 6.07. The second kappa shape index (κ2) is 11.4. The summed E-state index contributed by atoms with van der Waals surface area (Å²) in [5, 5.41) is 2.02. The van der Waals surface area contributed by atoms with Gasteiger partial charge in [0.2, 0.25) is 11.8 Å². The van der Waals surface area contributed by atoms with E-state index in [-0.39, 0.29) is 49.3 Å². The van der Waals surface area contributed by atoms with Crippen LogP contribution < -0.4 is 4.74 Å². The normalized spacial score (nSPS) is 16.4. The molecule has 0 bridgehead atoms. The highest BCUT2D eigenvalue weighted by Gasteiger charge is 2.33. The number of nitrogens with zero attached hydrogens (tertiary/aromatic N) is 2. The maximum Gasteiger partial charge on any atom is 0.249 e. The number of methoxy groups -OCH3 is 1. The van der Waals surface area contributed by atoms with Gasteiger partial charge >= 0.3 is 0 Å². The molecule has 0 N–H and O–H groups in total. The van der Waals surface area contributed by atoms with E-state index in [9.17, 15) is 14.0 Å². The van der Waals surface area contributed by atoms with Crippen LogP contribution in [0.3, 0.4) is 0 Å². The number of hydrogen-bond donors (Lipinski definition) is 0. The van der Waals surface area contributed by atoms with Crippen molar-refractivity contribution in [1.29, 1.82) is 0 Å². The van der Waals surface area contributed by atoms with Gasteiger partial charge in [0.05, 0.1) is 12.6 Å². The maximum absolute atomic E-state index is 13.6. The van der Waals surface area contributed by atoms with Crippen LogP contribution in [-0.4, -0.2) is 61.6 Å². The van der Waals surface area contributed by atoms with Gasteiger partial charge in [-0.15, -0.1) is 11.3 Å². The van der Waals surface area contributed by atoms with Crippen molar-refractivity contribution in [3.63, 3.8) is 0 Å². The van der Waals surface area contributed by atoms with Gasteiger partial charge in [-0.1, -0.05) is 26.3 Å². The number of carbonyl (C=O) groups excluding carboxylic acids is 2. The monoisotopic (exact) mass is 462 g/mol. The van der Waals surface area contributed by atoms with Crippen molar-refractivity contribution < 1.29 is 23.5 Å². The lowest BCUT2D eigenvalue weighted by atomic mass is 10.00. The van der Waals surface area contributed by atoms with Gasteiger partial charge in [-0.3, -0.25) is 9.59 Å². The van der Waals surface area contributed by atoms with Crippen LogP contribution in [0.25, 0.3) is 0 Å². The third-order valence-corrected chi connectivity index (χ3v) is 6.79. The van der Waals surface area contributed by atoms with E-state index in [1.807, 2.05) is 11.4 Å². The van der Waals surface area contributed by atoms with E-state index in [2.05, 4.69) is 13.8 Å². The molecule has 0 spiro atoms. The number of benzene rings is 1. The Morgan fingerprint density at radius 1 is 1.34 bits per heavy atom. The molecule has 2 aromatic rings. The zero-order valence-corrected chi connectivity index (χ0v) is 19.7. The molecule has 1 aromatic heterocycles. The quantitative estimate of drug-likeness (QED) is 0.537. The minimum atomic E-state index is -0.368. The average Bonchev–Trinajstić information content (AvgIpc) is 3.26. The number of amides is 2. The Bertz CT molecular complexity index is 919. The van der Waals surface area contributed by atoms with Gasteiger partial charge in [-0.2, -0.15) is 0 Å². The van der Waals surface area contributed by atoms with E-state index in [0.717, 1.165) is 18.4 Å². The van der Waals surface area contributed by atoms with Gasteiger partial charge in [0.25, 0.3) is 0 Å².